The molecule has 0 spiro atoms. The molecule has 4 aromatic rings. The molecular formula is C26H24BrN3O4S2. The summed E-state index contributed by atoms with van der Waals surface area (Å²) in [4.78, 5) is 18.1. The van der Waals surface area contributed by atoms with Gasteiger partial charge in [-0.3, -0.25) is 4.79 Å². The van der Waals surface area contributed by atoms with Crippen LogP contribution in [0.4, 0.5) is 0 Å². The maximum atomic E-state index is 13.2. The van der Waals surface area contributed by atoms with E-state index in [1.807, 2.05) is 47.0 Å². The van der Waals surface area contributed by atoms with Gasteiger partial charge < -0.3 is 9.30 Å². The molecule has 0 aliphatic carbocycles. The number of aromatic nitrogens is 1. The Labute approximate surface area is 221 Å². The summed E-state index contributed by atoms with van der Waals surface area (Å²) in [7, 11) is -2.04. The Morgan fingerprint density at radius 1 is 1.08 bits per heavy atom. The molecule has 0 unspecified atom stereocenters. The maximum absolute atomic E-state index is 13.2. The molecule has 0 atom stereocenters. The van der Waals surface area contributed by atoms with Crippen LogP contribution < -0.4 is 4.80 Å². The Bertz CT molecular complexity index is 1610. The fraction of sp³-hybridized carbons (Fsp3) is 0.231. The van der Waals surface area contributed by atoms with Gasteiger partial charge in [0.15, 0.2) is 4.80 Å². The Morgan fingerprint density at radius 2 is 1.83 bits per heavy atom. The molecule has 1 aliphatic heterocycles. The van der Waals surface area contributed by atoms with Crippen molar-refractivity contribution in [1.82, 2.24) is 8.87 Å². The van der Waals surface area contributed by atoms with Gasteiger partial charge in [-0.15, -0.1) is 0 Å². The first-order valence-electron chi connectivity index (χ1n) is 11.4. The van der Waals surface area contributed by atoms with Crippen LogP contribution in [-0.2, 0) is 34.3 Å². The molecule has 7 nitrogen and oxygen atoms in total. The molecule has 1 amide bonds. The van der Waals surface area contributed by atoms with E-state index < -0.39 is 15.9 Å². The Morgan fingerprint density at radius 3 is 2.58 bits per heavy atom. The Balaban J connectivity index is 1.41. The third kappa shape index (κ3) is 4.96. The van der Waals surface area contributed by atoms with Crippen LogP contribution in [0.5, 0.6) is 0 Å². The van der Waals surface area contributed by atoms with Crippen molar-refractivity contribution in [3.63, 3.8) is 0 Å². The molecule has 2 heterocycles. The predicted octanol–water partition coefficient (Wildman–Crippen LogP) is 4.60. The molecule has 0 N–H and O–H groups in total. The van der Waals surface area contributed by atoms with E-state index in [1.165, 1.54) is 45.5 Å². The molecule has 10 heteroatoms. The molecule has 36 heavy (non-hydrogen) atoms. The molecular weight excluding hydrogens is 562 g/mol. The number of thiazole rings is 1. The number of sulfonamides is 1. The molecule has 1 aliphatic rings. The summed E-state index contributed by atoms with van der Waals surface area (Å²) in [5.41, 5.74) is 3.50. The molecule has 0 saturated heterocycles. The van der Waals surface area contributed by atoms with Crippen molar-refractivity contribution in [2.75, 3.05) is 20.3 Å². The average molecular weight is 587 g/mol. The molecule has 1 aromatic heterocycles. The fourth-order valence-corrected chi connectivity index (χ4v) is 7.30. The Kier molecular flexibility index (Phi) is 7.23. The van der Waals surface area contributed by atoms with Crippen LogP contribution in [-0.4, -0.2) is 43.5 Å². The first-order valence-corrected chi connectivity index (χ1v) is 14.5. The van der Waals surface area contributed by atoms with Crippen molar-refractivity contribution in [1.29, 1.82) is 0 Å². The van der Waals surface area contributed by atoms with E-state index in [0.717, 1.165) is 20.3 Å². The molecule has 186 valence electrons. The number of methoxy groups -OCH3 is 1. The summed E-state index contributed by atoms with van der Waals surface area (Å²) >= 11 is 4.91. The van der Waals surface area contributed by atoms with Crippen molar-refractivity contribution in [3.8, 4) is 0 Å². The van der Waals surface area contributed by atoms with E-state index in [9.17, 15) is 13.2 Å². The lowest BCUT2D eigenvalue weighted by Crippen LogP contribution is -2.35. The number of carbonyl (C=O) groups excluding carboxylic acids is 1. The van der Waals surface area contributed by atoms with Gasteiger partial charge in [-0.25, -0.2) is 8.42 Å². The van der Waals surface area contributed by atoms with E-state index in [-0.39, 0.29) is 4.90 Å². The lowest BCUT2D eigenvalue weighted by molar-refractivity contribution is 0.0997. The van der Waals surface area contributed by atoms with Gasteiger partial charge in [0.1, 0.15) is 0 Å². The number of nitrogens with zero attached hydrogens (tertiary/aromatic N) is 3. The van der Waals surface area contributed by atoms with Crippen LogP contribution in [0.25, 0.3) is 10.2 Å². The third-order valence-corrected chi connectivity index (χ3v) is 9.59. The van der Waals surface area contributed by atoms with Gasteiger partial charge in [0.05, 0.1) is 21.7 Å². The number of amides is 1. The number of ether oxygens (including phenoxy) is 1. The zero-order chi connectivity index (χ0) is 25.3. The minimum Gasteiger partial charge on any atom is -0.383 e. The highest BCUT2D eigenvalue weighted by Gasteiger charge is 2.28. The number of hydrogen-bond acceptors (Lipinski definition) is 5. The number of rotatable bonds is 6. The second kappa shape index (κ2) is 10.4. The monoisotopic (exact) mass is 585 g/mol. The lowest BCUT2D eigenvalue weighted by Gasteiger charge is -2.28. The lowest BCUT2D eigenvalue weighted by atomic mass is 10.0. The second-order valence-electron chi connectivity index (χ2n) is 8.44. The third-order valence-electron chi connectivity index (χ3n) is 6.20. The van der Waals surface area contributed by atoms with Gasteiger partial charge in [-0.1, -0.05) is 51.5 Å². The van der Waals surface area contributed by atoms with Crippen molar-refractivity contribution in [3.05, 3.63) is 92.7 Å². The van der Waals surface area contributed by atoms with Crippen LogP contribution in [0.3, 0.4) is 0 Å². The highest BCUT2D eigenvalue weighted by molar-refractivity contribution is 9.10. The summed E-state index contributed by atoms with van der Waals surface area (Å²) < 4.78 is 37.1. The average Bonchev–Trinajstić information content (AvgIpc) is 3.22. The van der Waals surface area contributed by atoms with E-state index >= 15 is 0 Å². The topological polar surface area (TPSA) is 81.0 Å². The molecule has 5 rings (SSSR count). The number of halogens is 1. The number of fused-ring (bicyclic) bond motifs is 2. The SMILES string of the molecule is COCCn1c(=NC(=O)c2ccc(S(=O)(=O)N3CCc4ccccc4C3)cc2)sc2cc(Br)ccc21. The quantitative estimate of drug-likeness (QED) is 0.331. The predicted molar refractivity (Wildman–Crippen MR) is 143 cm³/mol. The second-order valence-corrected chi connectivity index (χ2v) is 12.3. The fourth-order valence-electron chi connectivity index (χ4n) is 4.28. The zero-order valence-electron chi connectivity index (χ0n) is 19.6. The first kappa shape index (κ1) is 25.0. The molecule has 0 radical (unpaired) electrons. The van der Waals surface area contributed by atoms with Crippen LogP contribution in [0.15, 0.2) is 81.1 Å². The highest BCUT2D eigenvalue weighted by atomic mass is 79.9. The van der Waals surface area contributed by atoms with E-state index in [2.05, 4.69) is 20.9 Å². The van der Waals surface area contributed by atoms with Crippen LogP contribution in [0.2, 0.25) is 0 Å². The number of carbonyl (C=O) groups is 1. The zero-order valence-corrected chi connectivity index (χ0v) is 22.8. The van der Waals surface area contributed by atoms with Crippen molar-refractivity contribution in [2.24, 2.45) is 4.99 Å². The van der Waals surface area contributed by atoms with Gasteiger partial charge in [0, 0.05) is 36.8 Å². The van der Waals surface area contributed by atoms with Crippen LogP contribution in [0, 0.1) is 0 Å². The minimum absolute atomic E-state index is 0.167. The largest absolute Gasteiger partial charge is 0.383 e. The van der Waals surface area contributed by atoms with Gasteiger partial charge in [0.25, 0.3) is 5.91 Å². The van der Waals surface area contributed by atoms with Gasteiger partial charge in [0.2, 0.25) is 10.0 Å². The van der Waals surface area contributed by atoms with Crippen molar-refractivity contribution >= 4 is 53.4 Å². The molecule has 0 bridgehead atoms. The van der Waals surface area contributed by atoms with Gasteiger partial charge >= 0.3 is 0 Å². The first-order chi connectivity index (χ1) is 17.4. The van der Waals surface area contributed by atoms with Crippen LogP contribution >= 0.6 is 27.3 Å². The Hall–Kier alpha value is -2.63. The summed E-state index contributed by atoms with van der Waals surface area (Å²) in [6.07, 6.45) is 0.680. The number of hydrogen-bond donors (Lipinski definition) is 0. The van der Waals surface area contributed by atoms with Crippen molar-refractivity contribution in [2.45, 2.75) is 24.4 Å². The van der Waals surface area contributed by atoms with E-state index in [0.29, 0.717) is 43.0 Å². The molecule has 3 aromatic carbocycles. The summed E-state index contributed by atoms with van der Waals surface area (Å²) in [6.45, 7) is 1.81. The molecule has 0 saturated carbocycles. The minimum atomic E-state index is -3.67. The molecule has 0 fully saturated rings. The van der Waals surface area contributed by atoms with E-state index in [1.54, 1.807) is 7.11 Å². The standard InChI is InChI=1S/C26H24BrN3O4S2/c1-34-15-14-30-23-11-8-21(27)16-24(23)35-26(30)28-25(31)19-6-9-22(10-7-19)36(32,33)29-13-12-18-4-2-3-5-20(18)17-29/h2-11,16H,12-15,17H2,1H3. The summed E-state index contributed by atoms with van der Waals surface area (Å²) in [5, 5.41) is 0. The van der Waals surface area contributed by atoms with E-state index in [4.69, 9.17) is 4.74 Å². The summed E-state index contributed by atoms with van der Waals surface area (Å²) in [6, 6.07) is 19.8. The highest BCUT2D eigenvalue weighted by Crippen LogP contribution is 2.25. The normalized spacial score (nSPS) is 14.8. The smallest absolute Gasteiger partial charge is 0.279 e. The van der Waals surface area contributed by atoms with Crippen LogP contribution in [0.1, 0.15) is 21.5 Å². The summed E-state index contributed by atoms with van der Waals surface area (Å²) in [5.74, 6) is -0.428. The van der Waals surface area contributed by atoms with Gasteiger partial charge in [-0.2, -0.15) is 9.30 Å². The maximum Gasteiger partial charge on any atom is 0.279 e. The number of benzene rings is 3. The van der Waals surface area contributed by atoms with Crippen molar-refractivity contribution < 1.29 is 17.9 Å². The van der Waals surface area contributed by atoms with Gasteiger partial charge in [-0.05, 0) is 60.0 Å².